The van der Waals surface area contributed by atoms with E-state index in [0.29, 0.717) is 11.7 Å². The Hall–Kier alpha value is -2.04. The average Bonchev–Trinajstić information content (AvgIpc) is 2.79. The number of aromatic nitrogens is 2. The number of unbranched alkanes of at least 4 members (excludes halogenated alkanes) is 6. The van der Waals surface area contributed by atoms with Crippen LogP contribution in [0.1, 0.15) is 95.5 Å². The summed E-state index contributed by atoms with van der Waals surface area (Å²) in [4.78, 5) is 9.05. The first kappa shape index (κ1) is 23.6. The van der Waals surface area contributed by atoms with Crippen LogP contribution in [0.15, 0.2) is 36.7 Å². The van der Waals surface area contributed by atoms with Gasteiger partial charge in [0.25, 0.3) is 0 Å². The zero-order valence-electron chi connectivity index (χ0n) is 18.7. The van der Waals surface area contributed by atoms with Gasteiger partial charge in [0.1, 0.15) is 5.75 Å². The van der Waals surface area contributed by atoms with Crippen molar-refractivity contribution in [2.45, 2.75) is 96.5 Å². The Kier molecular flexibility index (Phi) is 9.70. The van der Waals surface area contributed by atoms with Gasteiger partial charge in [0.05, 0.1) is 0 Å². The summed E-state index contributed by atoms with van der Waals surface area (Å²) >= 11 is 0. The first-order valence-electron chi connectivity index (χ1n) is 12.0. The second kappa shape index (κ2) is 12.7. The number of alkyl halides is 2. The topological polar surface area (TPSA) is 35.0 Å². The second-order valence-corrected chi connectivity index (χ2v) is 8.87. The van der Waals surface area contributed by atoms with Gasteiger partial charge in [-0.15, -0.1) is 0 Å². The van der Waals surface area contributed by atoms with Gasteiger partial charge in [0.2, 0.25) is 0 Å². The summed E-state index contributed by atoms with van der Waals surface area (Å²) in [6.45, 7) is -0.543. The van der Waals surface area contributed by atoms with Gasteiger partial charge in [0, 0.05) is 18.0 Å². The molecule has 1 fully saturated rings. The van der Waals surface area contributed by atoms with Crippen LogP contribution >= 0.6 is 0 Å². The van der Waals surface area contributed by atoms with E-state index >= 15 is 0 Å². The normalized spacial score (nSPS) is 19.0. The molecule has 1 aromatic carbocycles. The maximum Gasteiger partial charge on any atom is 0.387 e. The summed E-state index contributed by atoms with van der Waals surface area (Å²) in [6, 6.07) is 6.46. The predicted molar refractivity (Wildman–Crippen MR) is 121 cm³/mol. The Morgan fingerprint density at radius 1 is 0.871 bits per heavy atom. The highest BCUT2D eigenvalue weighted by Gasteiger charge is 2.22. The van der Waals surface area contributed by atoms with Gasteiger partial charge >= 0.3 is 6.61 Å². The minimum absolute atomic E-state index is 0.142. The summed E-state index contributed by atoms with van der Waals surface area (Å²) in [5, 5.41) is 0. The van der Waals surface area contributed by atoms with E-state index in [-0.39, 0.29) is 5.75 Å². The molecule has 5 heteroatoms. The molecule has 0 unspecified atom stereocenters. The average molecular weight is 431 g/mol. The Labute approximate surface area is 185 Å². The summed E-state index contributed by atoms with van der Waals surface area (Å²) in [5.41, 5.74) is 2.02. The third-order valence-electron chi connectivity index (χ3n) is 6.54. The number of halogens is 2. The fourth-order valence-corrected chi connectivity index (χ4v) is 4.66. The Morgan fingerprint density at radius 2 is 1.48 bits per heavy atom. The van der Waals surface area contributed by atoms with Crippen LogP contribution in [0.3, 0.4) is 0 Å². The van der Waals surface area contributed by atoms with Crippen LogP contribution in [0.2, 0.25) is 0 Å². The molecule has 2 aromatic rings. The van der Waals surface area contributed by atoms with Crippen molar-refractivity contribution < 1.29 is 13.5 Å². The molecule has 0 aliphatic heterocycles. The minimum Gasteiger partial charge on any atom is -0.435 e. The fourth-order valence-electron chi connectivity index (χ4n) is 4.66. The smallest absolute Gasteiger partial charge is 0.387 e. The number of hydrogen-bond acceptors (Lipinski definition) is 3. The van der Waals surface area contributed by atoms with E-state index in [1.54, 1.807) is 12.1 Å². The van der Waals surface area contributed by atoms with Crippen molar-refractivity contribution in [1.29, 1.82) is 0 Å². The van der Waals surface area contributed by atoms with Crippen molar-refractivity contribution in [3.63, 3.8) is 0 Å². The van der Waals surface area contributed by atoms with Crippen LogP contribution in [-0.2, 0) is 0 Å². The number of benzene rings is 1. The maximum atomic E-state index is 12.3. The number of hydrogen-bond donors (Lipinski definition) is 0. The molecule has 170 valence electrons. The lowest BCUT2D eigenvalue weighted by molar-refractivity contribution is -0.0498. The molecule has 0 atom stereocenters. The van der Waals surface area contributed by atoms with Gasteiger partial charge in [-0.05, 0) is 67.3 Å². The number of rotatable bonds is 12. The standard InChI is InChI=1S/C26H36F2N2O/c1-2-3-4-5-6-7-8-9-20-10-12-21(13-11-20)23-18-29-25(30-19-23)22-14-16-24(17-15-22)31-26(27)28/h14-21,26H,2-13H2,1H3. The van der Waals surface area contributed by atoms with Crippen LogP contribution < -0.4 is 4.74 Å². The molecular formula is C26H36F2N2O. The van der Waals surface area contributed by atoms with Gasteiger partial charge in [0.15, 0.2) is 5.82 Å². The fraction of sp³-hybridized carbons (Fsp3) is 0.615. The Morgan fingerprint density at radius 3 is 2.10 bits per heavy atom. The van der Waals surface area contributed by atoms with Crippen molar-refractivity contribution in [3.05, 3.63) is 42.2 Å². The van der Waals surface area contributed by atoms with E-state index in [0.717, 1.165) is 11.5 Å². The van der Waals surface area contributed by atoms with E-state index < -0.39 is 6.61 Å². The van der Waals surface area contributed by atoms with Crippen LogP contribution in [0.4, 0.5) is 8.78 Å². The van der Waals surface area contributed by atoms with E-state index in [1.165, 1.54) is 94.7 Å². The van der Waals surface area contributed by atoms with Crippen molar-refractivity contribution >= 4 is 0 Å². The quantitative estimate of drug-likeness (QED) is 0.319. The van der Waals surface area contributed by atoms with E-state index in [4.69, 9.17) is 0 Å². The molecule has 1 saturated carbocycles. The molecule has 1 heterocycles. The van der Waals surface area contributed by atoms with E-state index in [2.05, 4.69) is 21.6 Å². The molecule has 31 heavy (non-hydrogen) atoms. The Bertz CT molecular complexity index is 741. The highest BCUT2D eigenvalue weighted by molar-refractivity contribution is 5.56. The molecule has 0 amide bonds. The predicted octanol–water partition coefficient (Wildman–Crippen LogP) is 8.16. The van der Waals surface area contributed by atoms with Gasteiger partial charge in [-0.25, -0.2) is 9.97 Å². The van der Waals surface area contributed by atoms with Crippen molar-refractivity contribution in [2.75, 3.05) is 0 Å². The zero-order valence-corrected chi connectivity index (χ0v) is 18.7. The lowest BCUT2D eigenvalue weighted by Crippen LogP contribution is -2.14. The van der Waals surface area contributed by atoms with Crippen LogP contribution in [0.5, 0.6) is 5.75 Å². The lowest BCUT2D eigenvalue weighted by Gasteiger charge is -2.28. The van der Waals surface area contributed by atoms with Crippen LogP contribution in [0, 0.1) is 5.92 Å². The largest absolute Gasteiger partial charge is 0.435 e. The molecule has 3 nitrogen and oxygen atoms in total. The lowest BCUT2D eigenvalue weighted by atomic mass is 9.77. The second-order valence-electron chi connectivity index (χ2n) is 8.87. The molecule has 1 aliphatic carbocycles. The molecule has 0 saturated heterocycles. The first-order chi connectivity index (χ1) is 15.2. The number of ether oxygens (including phenoxy) is 1. The van der Waals surface area contributed by atoms with E-state index in [9.17, 15) is 8.78 Å². The SMILES string of the molecule is CCCCCCCCCC1CCC(c2cnc(-c3ccc(OC(F)F)cc3)nc2)CC1. The molecule has 0 spiro atoms. The van der Waals surface area contributed by atoms with Crippen LogP contribution in [-0.4, -0.2) is 16.6 Å². The number of nitrogens with zero attached hydrogens (tertiary/aromatic N) is 2. The van der Waals surface area contributed by atoms with Gasteiger partial charge < -0.3 is 4.74 Å². The molecule has 0 N–H and O–H groups in total. The first-order valence-corrected chi connectivity index (χ1v) is 12.0. The van der Waals surface area contributed by atoms with Crippen LogP contribution in [0.25, 0.3) is 11.4 Å². The van der Waals surface area contributed by atoms with Crippen molar-refractivity contribution in [2.24, 2.45) is 5.92 Å². The Balaban J connectivity index is 1.40. The van der Waals surface area contributed by atoms with Gasteiger partial charge in [-0.3, -0.25) is 0 Å². The molecule has 1 aliphatic rings. The summed E-state index contributed by atoms with van der Waals surface area (Å²) in [5.74, 6) is 2.20. The third kappa shape index (κ3) is 7.86. The molecule has 0 bridgehead atoms. The van der Waals surface area contributed by atoms with Gasteiger partial charge in [-0.1, -0.05) is 58.3 Å². The minimum atomic E-state index is -2.81. The highest BCUT2D eigenvalue weighted by Crippen LogP contribution is 2.37. The molecule has 3 rings (SSSR count). The summed E-state index contributed by atoms with van der Waals surface area (Å²) in [7, 11) is 0. The molecule has 1 aromatic heterocycles. The van der Waals surface area contributed by atoms with E-state index in [1.807, 2.05) is 12.4 Å². The highest BCUT2D eigenvalue weighted by atomic mass is 19.3. The van der Waals surface area contributed by atoms with Crippen molar-refractivity contribution in [1.82, 2.24) is 9.97 Å². The maximum absolute atomic E-state index is 12.3. The van der Waals surface area contributed by atoms with Gasteiger partial charge in [-0.2, -0.15) is 8.78 Å². The third-order valence-corrected chi connectivity index (χ3v) is 6.54. The summed E-state index contributed by atoms with van der Waals surface area (Å²) in [6.07, 6.45) is 20.1. The van der Waals surface area contributed by atoms with Crippen molar-refractivity contribution in [3.8, 4) is 17.1 Å². The summed E-state index contributed by atoms with van der Waals surface area (Å²) < 4.78 is 28.9. The molecular weight excluding hydrogens is 394 g/mol. The zero-order chi connectivity index (χ0) is 21.9. The molecule has 0 radical (unpaired) electrons. The monoisotopic (exact) mass is 430 g/mol.